The number of hydrogen-bond acceptors (Lipinski definition) is 1. The van der Waals surface area contributed by atoms with Crippen LogP contribution in [0.3, 0.4) is 0 Å². The molecule has 1 aliphatic heterocycles. The van der Waals surface area contributed by atoms with Gasteiger partial charge in [0, 0.05) is 44.2 Å². The molecule has 250 valence electrons. The molecule has 0 fully saturated rings. The standard InChI is InChI=1S/C50H34N2O/c1-50(35-15-4-2-5-16-35)42-22-11-8-21-39(42)49-47(25-14-26-48(49)53-50)52-44-24-13-10-20-38(44)41-32-34(28-30-46(41)52)33-27-29-45-40(31-33)37-19-9-12-23-43(37)51(45)36-17-6-3-7-18-36/h2-7,9-12,14-20,22-23,25-32H,13,24H2,1H3. The molecule has 0 bridgehead atoms. The molecular weight excluding hydrogens is 645 g/mol. The third kappa shape index (κ3) is 4.36. The van der Waals surface area contributed by atoms with Gasteiger partial charge in [0.25, 0.3) is 0 Å². The van der Waals surface area contributed by atoms with Gasteiger partial charge in [-0.2, -0.15) is 0 Å². The van der Waals surface area contributed by atoms with Crippen molar-refractivity contribution in [1.82, 2.24) is 9.13 Å². The van der Waals surface area contributed by atoms with Crippen LogP contribution in [0.25, 0.3) is 72.4 Å². The monoisotopic (exact) mass is 678 g/mol. The van der Waals surface area contributed by atoms with Gasteiger partial charge in [0.05, 0.1) is 27.8 Å². The summed E-state index contributed by atoms with van der Waals surface area (Å²) in [4.78, 5) is 0. The lowest BCUT2D eigenvalue weighted by atomic mass is 9.81. The molecule has 1 unspecified atom stereocenters. The zero-order chi connectivity index (χ0) is 35.1. The Bertz CT molecular complexity index is 2930. The molecule has 3 nitrogen and oxygen atoms in total. The van der Waals surface area contributed by atoms with Gasteiger partial charge in [-0.1, -0.05) is 109 Å². The first kappa shape index (κ1) is 29.9. The molecular formula is C50H34N2O. The predicted molar refractivity (Wildman–Crippen MR) is 217 cm³/mol. The molecule has 3 heteroatoms. The normalized spacial score (nSPS) is 15.9. The van der Waals surface area contributed by atoms with Gasteiger partial charge in [0.2, 0.25) is 0 Å². The Balaban J connectivity index is 1.09. The van der Waals surface area contributed by atoms with Crippen LogP contribution in [0.2, 0.25) is 0 Å². The van der Waals surface area contributed by atoms with Crippen molar-refractivity contribution in [3.8, 4) is 39.4 Å². The van der Waals surface area contributed by atoms with Crippen LogP contribution in [0, 0.1) is 12.1 Å². The van der Waals surface area contributed by atoms with Crippen molar-refractivity contribution in [2.75, 3.05) is 0 Å². The summed E-state index contributed by atoms with van der Waals surface area (Å²) in [5, 5.41) is 3.77. The van der Waals surface area contributed by atoms with E-state index in [9.17, 15) is 0 Å². The topological polar surface area (TPSA) is 19.1 Å². The minimum atomic E-state index is -0.655. The van der Waals surface area contributed by atoms with Crippen molar-refractivity contribution in [2.24, 2.45) is 0 Å². The highest BCUT2D eigenvalue weighted by atomic mass is 16.5. The maximum Gasteiger partial charge on any atom is 0.157 e. The van der Waals surface area contributed by atoms with E-state index in [1.54, 1.807) is 0 Å². The molecule has 3 heterocycles. The lowest BCUT2D eigenvalue weighted by molar-refractivity contribution is 0.129. The van der Waals surface area contributed by atoms with Crippen molar-refractivity contribution in [3.63, 3.8) is 0 Å². The first-order valence-corrected chi connectivity index (χ1v) is 18.4. The van der Waals surface area contributed by atoms with Gasteiger partial charge >= 0.3 is 0 Å². The third-order valence-corrected chi connectivity index (χ3v) is 11.4. The van der Waals surface area contributed by atoms with E-state index in [0.29, 0.717) is 0 Å². The van der Waals surface area contributed by atoms with Crippen LogP contribution in [-0.4, -0.2) is 9.13 Å². The van der Waals surface area contributed by atoms with E-state index in [0.717, 1.165) is 46.5 Å². The molecule has 1 aliphatic carbocycles. The molecule has 9 aromatic rings. The van der Waals surface area contributed by atoms with Crippen molar-refractivity contribution >= 4 is 38.8 Å². The number of rotatable bonds is 4. The van der Waals surface area contributed by atoms with Crippen LogP contribution in [-0.2, 0) is 12.0 Å². The van der Waals surface area contributed by atoms with E-state index in [4.69, 9.17) is 4.74 Å². The second kappa shape index (κ2) is 11.4. The molecule has 0 radical (unpaired) electrons. The van der Waals surface area contributed by atoms with Gasteiger partial charge in [0.1, 0.15) is 5.75 Å². The van der Waals surface area contributed by atoms with E-state index in [1.165, 1.54) is 60.8 Å². The van der Waals surface area contributed by atoms with Crippen LogP contribution in [0.4, 0.5) is 0 Å². The number of ether oxygens (including phenoxy) is 1. The van der Waals surface area contributed by atoms with Gasteiger partial charge in [0.15, 0.2) is 5.60 Å². The molecule has 1 atom stereocenters. The molecule has 0 spiro atoms. The molecule has 2 aliphatic rings. The lowest BCUT2D eigenvalue weighted by Crippen LogP contribution is -2.34. The Morgan fingerprint density at radius 1 is 0.642 bits per heavy atom. The second-order valence-electron chi connectivity index (χ2n) is 14.3. The van der Waals surface area contributed by atoms with Gasteiger partial charge in [-0.15, -0.1) is 0 Å². The van der Waals surface area contributed by atoms with E-state index < -0.39 is 5.60 Å². The van der Waals surface area contributed by atoms with Gasteiger partial charge < -0.3 is 13.9 Å². The number of aromatic nitrogens is 2. The predicted octanol–water partition coefficient (Wildman–Crippen LogP) is 12.3. The fourth-order valence-electron chi connectivity index (χ4n) is 8.96. The summed E-state index contributed by atoms with van der Waals surface area (Å²) >= 11 is 0. The fraction of sp³-hybridized carbons (Fsp3) is 0.0800. The Labute approximate surface area is 308 Å². The first-order valence-electron chi connectivity index (χ1n) is 18.4. The average Bonchev–Trinajstić information content (AvgIpc) is 3.73. The SMILES string of the molecule is CC1(c2ccccc2)Oc2cccc(-n3c4c(c5cc(-c6ccc7c(c6)c6ccccc6n7-c6ccccc6)ccc53)C=CCC4)c2-c2c#cccc21. The molecule has 0 saturated heterocycles. The van der Waals surface area contributed by atoms with Crippen LogP contribution >= 0.6 is 0 Å². The number of hydrogen-bond donors (Lipinski definition) is 0. The number of nitrogens with zero attached hydrogens (tertiary/aromatic N) is 2. The first-order chi connectivity index (χ1) is 26.2. The summed E-state index contributed by atoms with van der Waals surface area (Å²) in [7, 11) is 0. The van der Waals surface area contributed by atoms with Gasteiger partial charge in [-0.3, -0.25) is 0 Å². The Morgan fingerprint density at radius 2 is 1.36 bits per heavy atom. The maximum atomic E-state index is 7.04. The average molecular weight is 679 g/mol. The van der Waals surface area contributed by atoms with Crippen molar-refractivity contribution in [2.45, 2.75) is 25.4 Å². The highest BCUT2D eigenvalue weighted by Crippen LogP contribution is 2.51. The summed E-state index contributed by atoms with van der Waals surface area (Å²) in [6.45, 7) is 2.17. The minimum Gasteiger partial charge on any atom is -0.477 e. The highest BCUT2D eigenvalue weighted by molar-refractivity contribution is 6.10. The summed E-state index contributed by atoms with van der Waals surface area (Å²) in [5.74, 6) is 0.860. The van der Waals surface area contributed by atoms with Crippen molar-refractivity contribution in [1.29, 1.82) is 0 Å². The Hall–Kier alpha value is -6.76. The molecule has 7 aromatic carbocycles. The zero-order valence-electron chi connectivity index (χ0n) is 29.3. The zero-order valence-corrected chi connectivity index (χ0v) is 29.3. The summed E-state index contributed by atoms with van der Waals surface area (Å²) < 4.78 is 11.9. The maximum absolute atomic E-state index is 7.04. The number of fused-ring (bicyclic) bond motifs is 9. The molecule has 53 heavy (non-hydrogen) atoms. The quantitative estimate of drug-likeness (QED) is 0.181. The summed E-state index contributed by atoms with van der Waals surface area (Å²) in [6.07, 6.45) is 6.61. The Morgan fingerprint density at radius 3 is 2.19 bits per heavy atom. The van der Waals surface area contributed by atoms with E-state index in [-0.39, 0.29) is 0 Å². The van der Waals surface area contributed by atoms with E-state index in [1.807, 2.05) is 6.07 Å². The molecule has 0 N–H and O–H groups in total. The highest BCUT2D eigenvalue weighted by Gasteiger charge is 2.40. The van der Waals surface area contributed by atoms with Crippen LogP contribution in [0.1, 0.15) is 35.7 Å². The van der Waals surface area contributed by atoms with Gasteiger partial charge in [-0.25, -0.2) is 0 Å². The molecule has 0 saturated carbocycles. The molecule has 11 rings (SSSR count). The van der Waals surface area contributed by atoms with Gasteiger partial charge in [-0.05, 0) is 103 Å². The largest absolute Gasteiger partial charge is 0.477 e. The van der Waals surface area contributed by atoms with Crippen LogP contribution in [0.5, 0.6) is 5.75 Å². The van der Waals surface area contributed by atoms with E-state index in [2.05, 4.69) is 186 Å². The van der Waals surface area contributed by atoms with Crippen LogP contribution < -0.4 is 4.74 Å². The smallest absolute Gasteiger partial charge is 0.157 e. The number of allylic oxidation sites excluding steroid dienone is 1. The Kier molecular flexibility index (Phi) is 6.42. The minimum absolute atomic E-state index is 0.655. The number of para-hydroxylation sites is 2. The fourth-order valence-corrected chi connectivity index (χ4v) is 8.96. The summed E-state index contributed by atoms with van der Waals surface area (Å²) in [5.41, 5.74) is 14.6. The molecule has 2 aromatic heterocycles. The number of benzene rings is 6. The lowest BCUT2D eigenvalue weighted by Gasteiger charge is -2.38. The summed E-state index contributed by atoms with van der Waals surface area (Å²) in [6, 6.07) is 61.2. The van der Waals surface area contributed by atoms with E-state index >= 15 is 0 Å². The third-order valence-electron chi connectivity index (χ3n) is 11.4. The second-order valence-corrected chi connectivity index (χ2v) is 14.3. The molecule has 0 amide bonds. The van der Waals surface area contributed by atoms with Crippen molar-refractivity contribution in [3.05, 3.63) is 192 Å². The van der Waals surface area contributed by atoms with Crippen molar-refractivity contribution < 1.29 is 4.74 Å². The van der Waals surface area contributed by atoms with Crippen LogP contribution in [0.15, 0.2) is 158 Å².